The van der Waals surface area contributed by atoms with Crippen LogP contribution < -0.4 is 5.32 Å². The maximum atomic E-state index is 11.3. The van der Waals surface area contributed by atoms with E-state index in [2.05, 4.69) is 15.0 Å². The fourth-order valence-corrected chi connectivity index (χ4v) is 1.95. The second-order valence-electron chi connectivity index (χ2n) is 4.08. The molecule has 0 aliphatic carbocycles. The first-order valence-corrected chi connectivity index (χ1v) is 6.29. The lowest BCUT2D eigenvalue weighted by molar-refractivity contribution is 0.0594. The Kier molecular flexibility index (Phi) is 4.60. The minimum absolute atomic E-state index is 0.364. The van der Waals surface area contributed by atoms with Crippen molar-refractivity contribution in [3.63, 3.8) is 0 Å². The highest BCUT2D eigenvalue weighted by molar-refractivity contribution is 6.31. The van der Waals surface area contributed by atoms with E-state index in [1.54, 1.807) is 6.07 Å². The second kappa shape index (κ2) is 6.41. The van der Waals surface area contributed by atoms with E-state index in [-0.39, 0.29) is 5.97 Å². The minimum Gasteiger partial charge on any atom is -0.464 e. The van der Waals surface area contributed by atoms with Crippen LogP contribution in [0.4, 0.5) is 0 Å². The summed E-state index contributed by atoms with van der Waals surface area (Å²) in [7, 11) is 1.36. The maximum absolute atomic E-state index is 11.3. The van der Waals surface area contributed by atoms with Crippen molar-refractivity contribution in [2.45, 2.75) is 13.1 Å². The van der Waals surface area contributed by atoms with Crippen LogP contribution in [0.15, 0.2) is 36.4 Å². The third-order valence-corrected chi connectivity index (χ3v) is 3.11. The molecule has 0 spiro atoms. The molecular formula is C14H15ClN2O2. The van der Waals surface area contributed by atoms with Crippen LogP contribution in [0.3, 0.4) is 0 Å². The summed E-state index contributed by atoms with van der Waals surface area (Å²) in [6.07, 6.45) is 0. The molecule has 2 N–H and O–H groups in total. The SMILES string of the molecule is COC(=O)c1ccc(CNCc2ccccc2Cl)[nH]1. The van der Waals surface area contributed by atoms with Crippen LogP contribution in [0.2, 0.25) is 5.02 Å². The molecule has 0 saturated heterocycles. The largest absolute Gasteiger partial charge is 0.464 e. The summed E-state index contributed by atoms with van der Waals surface area (Å²) in [5, 5.41) is 4.01. The molecule has 0 saturated carbocycles. The second-order valence-corrected chi connectivity index (χ2v) is 4.49. The summed E-state index contributed by atoms with van der Waals surface area (Å²) in [4.78, 5) is 14.3. The highest BCUT2D eigenvalue weighted by Crippen LogP contribution is 2.14. The fourth-order valence-electron chi connectivity index (χ4n) is 1.75. The number of carbonyl (C=O) groups excluding carboxylic acids is 1. The van der Waals surface area contributed by atoms with Gasteiger partial charge in [0.25, 0.3) is 0 Å². The topological polar surface area (TPSA) is 54.1 Å². The van der Waals surface area contributed by atoms with Gasteiger partial charge in [0, 0.05) is 23.8 Å². The summed E-state index contributed by atoms with van der Waals surface area (Å²) in [6, 6.07) is 11.3. The Morgan fingerprint density at radius 1 is 1.26 bits per heavy atom. The number of H-pyrrole nitrogens is 1. The van der Waals surface area contributed by atoms with Gasteiger partial charge in [-0.1, -0.05) is 29.8 Å². The molecule has 5 heteroatoms. The van der Waals surface area contributed by atoms with E-state index >= 15 is 0 Å². The molecule has 19 heavy (non-hydrogen) atoms. The number of methoxy groups -OCH3 is 1. The molecule has 4 nitrogen and oxygen atoms in total. The van der Waals surface area contributed by atoms with Crippen molar-refractivity contribution >= 4 is 17.6 Å². The van der Waals surface area contributed by atoms with Gasteiger partial charge < -0.3 is 15.0 Å². The summed E-state index contributed by atoms with van der Waals surface area (Å²) in [6.45, 7) is 1.30. The number of hydrogen-bond acceptors (Lipinski definition) is 3. The van der Waals surface area contributed by atoms with Crippen LogP contribution in [-0.4, -0.2) is 18.1 Å². The quantitative estimate of drug-likeness (QED) is 0.827. The van der Waals surface area contributed by atoms with Gasteiger partial charge in [0.15, 0.2) is 0 Å². The lowest BCUT2D eigenvalue weighted by atomic mass is 10.2. The minimum atomic E-state index is -0.364. The van der Waals surface area contributed by atoms with Crippen LogP contribution in [0.25, 0.3) is 0 Å². The molecule has 0 bridgehead atoms. The summed E-state index contributed by atoms with van der Waals surface area (Å²) in [5.74, 6) is -0.364. The summed E-state index contributed by atoms with van der Waals surface area (Å²) >= 11 is 6.06. The lowest BCUT2D eigenvalue weighted by Gasteiger charge is -2.05. The zero-order valence-electron chi connectivity index (χ0n) is 10.6. The van der Waals surface area contributed by atoms with Gasteiger partial charge in [0.2, 0.25) is 0 Å². The van der Waals surface area contributed by atoms with Gasteiger partial charge >= 0.3 is 5.97 Å². The molecule has 2 aromatic rings. The fraction of sp³-hybridized carbons (Fsp3) is 0.214. The average Bonchev–Trinajstić information content (AvgIpc) is 2.89. The van der Waals surface area contributed by atoms with Gasteiger partial charge in [0.05, 0.1) is 7.11 Å². The Labute approximate surface area is 116 Å². The number of aromatic amines is 1. The number of aromatic nitrogens is 1. The Balaban J connectivity index is 1.88. The van der Waals surface area contributed by atoms with Gasteiger partial charge in [-0.05, 0) is 23.8 Å². The molecule has 0 amide bonds. The van der Waals surface area contributed by atoms with Crippen molar-refractivity contribution in [3.05, 3.63) is 58.4 Å². The van der Waals surface area contributed by atoms with E-state index in [4.69, 9.17) is 11.6 Å². The van der Waals surface area contributed by atoms with Crippen LogP contribution in [-0.2, 0) is 17.8 Å². The van der Waals surface area contributed by atoms with E-state index in [1.807, 2.05) is 30.3 Å². The molecule has 1 aromatic carbocycles. The number of benzene rings is 1. The number of halogens is 1. The molecule has 2 rings (SSSR count). The standard InChI is InChI=1S/C14H15ClN2O2/c1-19-14(18)13-7-6-11(17-13)9-16-8-10-4-2-3-5-12(10)15/h2-7,16-17H,8-9H2,1H3. The van der Waals surface area contributed by atoms with Gasteiger partial charge in [0.1, 0.15) is 5.69 Å². The molecule has 100 valence electrons. The van der Waals surface area contributed by atoms with Crippen LogP contribution in [0, 0.1) is 0 Å². The van der Waals surface area contributed by atoms with E-state index < -0.39 is 0 Å². The number of nitrogens with one attached hydrogen (secondary N) is 2. The van der Waals surface area contributed by atoms with E-state index in [0.717, 1.165) is 16.3 Å². The molecule has 1 aromatic heterocycles. The van der Waals surface area contributed by atoms with Crippen molar-refractivity contribution < 1.29 is 9.53 Å². The van der Waals surface area contributed by atoms with Crippen molar-refractivity contribution in [3.8, 4) is 0 Å². The number of carbonyl (C=O) groups is 1. The Morgan fingerprint density at radius 2 is 2.05 bits per heavy atom. The van der Waals surface area contributed by atoms with Crippen LogP contribution >= 0.6 is 11.6 Å². The zero-order valence-corrected chi connectivity index (χ0v) is 11.3. The Bertz CT molecular complexity index is 566. The number of ether oxygens (including phenoxy) is 1. The number of esters is 1. The zero-order chi connectivity index (χ0) is 13.7. The first-order chi connectivity index (χ1) is 9.20. The van der Waals surface area contributed by atoms with Crippen molar-refractivity contribution in [1.82, 2.24) is 10.3 Å². The van der Waals surface area contributed by atoms with Crippen LogP contribution in [0.5, 0.6) is 0 Å². The molecule has 1 heterocycles. The normalized spacial score (nSPS) is 10.4. The molecule has 0 fully saturated rings. The summed E-state index contributed by atoms with van der Waals surface area (Å²) in [5.41, 5.74) is 2.42. The van der Waals surface area contributed by atoms with Gasteiger partial charge in [-0.25, -0.2) is 4.79 Å². The van der Waals surface area contributed by atoms with Gasteiger partial charge in [-0.3, -0.25) is 0 Å². The predicted octanol–water partition coefficient (Wildman–Crippen LogP) is 2.74. The third kappa shape index (κ3) is 3.59. The smallest absolute Gasteiger partial charge is 0.354 e. The lowest BCUT2D eigenvalue weighted by Crippen LogP contribution is -2.13. The maximum Gasteiger partial charge on any atom is 0.354 e. The monoisotopic (exact) mass is 278 g/mol. The Morgan fingerprint density at radius 3 is 2.79 bits per heavy atom. The molecule has 0 aliphatic rings. The van der Waals surface area contributed by atoms with Crippen molar-refractivity contribution in [2.75, 3.05) is 7.11 Å². The highest BCUT2D eigenvalue weighted by Gasteiger charge is 2.07. The third-order valence-electron chi connectivity index (χ3n) is 2.74. The first kappa shape index (κ1) is 13.6. The number of rotatable bonds is 5. The van der Waals surface area contributed by atoms with Gasteiger partial charge in [-0.2, -0.15) is 0 Å². The molecule has 0 radical (unpaired) electrons. The molecule has 0 aliphatic heterocycles. The molecular weight excluding hydrogens is 264 g/mol. The van der Waals surface area contributed by atoms with E-state index in [9.17, 15) is 4.79 Å². The number of hydrogen-bond donors (Lipinski definition) is 2. The Hall–Kier alpha value is -1.78. The van der Waals surface area contributed by atoms with Crippen molar-refractivity contribution in [2.24, 2.45) is 0 Å². The molecule has 0 atom stereocenters. The average molecular weight is 279 g/mol. The first-order valence-electron chi connectivity index (χ1n) is 5.91. The predicted molar refractivity (Wildman–Crippen MR) is 74.1 cm³/mol. The molecule has 0 unspecified atom stereocenters. The highest BCUT2D eigenvalue weighted by atomic mass is 35.5. The summed E-state index contributed by atoms with van der Waals surface area (Å²) < 4.78 is 4.63. The van der Waals surface area contributed by atoms with Crippen molar-refractivity contribution in [1.29, 1.82) is 0 Å². The van der Waals surface area contributed by atoms with E-state index in [0.29, 0.717) is 18.8 Å². The van der Waals surface area contributed by atoms with E-state index in [1.165, 1.54) is 7.11 Å². The van der Waals surface area contributed by atoms with Gasteiger partial charge in [-0.15, -0.1) is 0 Å². The van der Waals surface area contributed by atoms with Crippen LogP contribution in [0.1, 0.15) is 21.7 Å².